The van der Waals surface area contributed by atoms with Crippen LogP contribution in [0.4, 0.5) is 4.39 Å². The van der Waals surface area contributed by atoms with Crippen LogP contribution in [-0.2, 0) is 10.0 Å². The molecule has 1 aromatic heterocycles. The molecule has 0 amide bonds. The zero-order valence-corrected chi connectivity index (χ0v) is 14.4. The Kier molecular flexibility index (Phi) is 3.86. The van der Waals surface area contributed by atoms with Crippen LogP contribution in [0, 0.1) is 5.82 Å². The number of thiazole rings is 1. The Bertz CT molecular complexity index is 968. The van der Waals surface area contributed by atoms with Crippen LogP contribution >= 0.6 is 11.3 Å². The Morgan fingerprint density at radius 2 is 1.88 bits per heavy atom. The minimum Gasteiger partial charge on any atom is -0.239 e. The highest BCUT2D eigenvalue weighted by atomic mass is 32.2. The molecular formula is C17H15FN2O2S2. The van der Waals surface area contributed by atoms with Crippen LogP contribution < -0.4 is 0 Å². The molecule has 0 bridgehead atoms. The number of hydrogen-bond acceptors (Lipinski definition) is 4. The third-order valence-electron chi connectivity index (χ3n) is 4.22. The van der Waals surface area contributed by atoms with Gasteiger partial charge < -0.3 is 0 Å². The summed E-state index contributed by atoms with van der Waals surface area (Å²) < 4.78 is 42.3. The van der Waals surface area contributed by atoms with E-state index in [9.17, 15) is 12.8 Å². The molecule has 1 aliphatic heterocycles. The van der Waals surface area contributed by atoms with Gasteiger partial charge in [-0.05, 0) is 37.1 Å². The second-order valence-corrected chi connectivity index (χ2v) is 8.65. The van der Waals surface area contributed by atoms with Crippen molar-refractivity contribution >= 4 is 31.6 Å². The molecule has 1 atom stereocenters. The Balaban J connectivity index is 1.76. The monoisotopic (exact) mass is 362 g/mol. The highest BCUT2D eigenvalue weighted by Gasteiger charge is 2.38. The van der Waals surface area contributed by atoms with Crippen LogP contribution in [0.2, 0.25) is 0 Å². The van der Waals surface area contributed by atoms with E-state index in [0.29, 0.717) is 13.0 Å². The van der Waals surface area contributed by atoms with Gasteiger partial charge in [-0.2, -0.15) is 4.31 Å². The molecule has 7 heteroatoms. The van der Waals surface area contributed by atoms with Crippen LogP contribution in [0.5, 0.6) is 0 Å². The van der Waals surface area contributed by atoms with E-state index < -0.39 is 15.8 Å². The van der Waals surface area contributed by atoms with Crippen molar-refractivity contribution in [3.63, 3.8) is 0 Å². The summed E-state index contributed by atoms with van der Waals surface area (Å²) in [6, 6.07) is 12.9. The molecule has 1 fully saturated rings. The van der Waals surface area contributed by atoms with Crippen molar-refractivity contribution in [2.75, 3.05) is 6.54 Å². The maximum Gasteiger partial charge on any atom is 0.246 e. The van der Waals surface area contributed by atoms with Crippen molar-refractivity contribution in [3.05, 3.63) is 59.4 Å². The fourth-order valence-electron chi connectivity index (χ4n) is 3.09. The molecule has 0 aliphatic carbocycles. The first kappa shape index (κ1) is 15.7. The molecule has 1 aliphatic rings. The number of para-hydroxylation sites is 1. The molecule has 2 heterocycles. The second kappa shape index (κ2) is 5.91. The number of nitrogens with zero attached hydrogens (tertiary/aromatic N) is 2. The van der Waals surface area contributed by atoms with Gasteiger partial charge in [0.2, 0.25) is 10.0 Å². The predicted molar refractivity (Wildman–Crippen MR) is 91.9 cm³/mol. The van der Waals surface area contributed by atoms with E-state index >= 15 is 0 Å². The summed E-state index contributed by atoms with van der Waals surface area (Å²) in [5.41, 5.74) is 0.868. The average Bonchev–Trinajstić information content (AvgIpc) is 3.21. The second-order valence-electron chi connectivity index (χ2n) is 5.72. The number of fused-ring (bicyclic) bond motifs is 1. The summed E-state index contributed by atoms with van der Waals surface area (Å²) in [7, 11) is -3.88. The Morgan fingerprint density at radius 1 is 1.12 bits per heavy atom. The zero-order valence-electron chi connectivity index (χ0n) is 12.7. The fourth-order valence-corrected chi connectivity index (χ4v) is 6.00. The van der Waals surface area contributed by atoms with Gasteiger partial charge in [0.25, 0.3) is 0 Å². The SMILES string of the molecule is O=S(=O)(c1ccccc1F)N1CCC[C@@H]1c1nc2ccccc2s1. The number of hydrogen-bond donors (Lipinski definition) is 0. The number of benzene rings is 2. The van der Waals surface area contributed by atoms with Gasteiger partial charge in [-0.3, -0.25) is 0 Å². The van der Waals surface area contributed by atoms with Crippen LogP contribution in [0.25, 0.3) is 10.2 Å². The molecule has 0 N–H and O–H groups in total. The lowest BCUT2D eigenvalue weighted by Gasteiger charge is -2.22. The van der Waals surface area contributed by atoms with Crippen LogP contribution in [0.3, 0.4) is 0 Å². The summed E-state index contributed by atoms with van der Waals surface area (Å²) in [6.07, 6.45) is 1.45. The molecule has 4 rings (SSSR count). The maximum atomic E-state index is 14.0. The van der Waals surface area contributed by atoms with Crippen LogP contribution in [-0.4, -0.2) is 24.3 Å². The smallest absolute Gasteiger partial charge is 0.239 e. The van der Waals surface area contributed by atoms with Gasteiger partial charge in [0.05, 0.1) is 16.3 Å². The standard InChI is InChI=1S/C17H15FN2O2S2/c18-12-6-1-4-10-16(12)24(21,22)20-11-5-8-14(20)17-19-13-7-2-3-9-15(13)23-17/h1-4,6-7,9-10,14H,5,8,11H2/t14-/m1/s1. The summed E-state index contributed by atoms with van der Waals surface area (Å²) in [5.74, 6) is -0.715. The van der Waals surface area contributed by atoms with Crippen molar-refractivity contribution in [2.24, 2.45) is 0 Å². The van der Waals surface area contributed by atoms with Gasteiger partial charge in [0.1, 0.15) is 15.7 Å². The summed E-state index contributed by atoms with van der Waals surface area (Å²) in [4.78, 5) is 4.33. The largest absolute Gasteiger partial charge is 0.246 e. The molecule has 0 saturated carbocycles. The first-order valence-electron chi connectivity index (χ1n) is 7.69. The molecule has 4 nitrogen and oxygen atoms in total. The van der Waals surface area contributed by atoms with Crippen molar-refractivity contribution in [1.82, 2.24) is 9.29 Å². The van der Waals surface area contributed by atoms with Crippen molar-refractivity contribution in [1.29, 1.82) is 0 Å². The highest BCUT2D eigenvalue weighted by molar-refractivity contribution is 7.89. The Labute approximate surface area is 143 Å². The van der Waals surface area contributed by atoms with Gasteiger partial charge in [-0.1, -0.05) is 24.3 Å². The van der Waals surface area contributed by atoms with Crippen molar-refractivity contribution in [3.8, 4) is 0 Å². The minimum atomic E-state index is -3.88. The first-order valence-corrected chi connectivity index (χ1v) is 9.95. The maximum absolute atomic E-state index is 14.0. The quantitative estimate of drug-likeness (QED) is 0.709. The summed E-state index contributed by atoms with van der Waals surface area (Å²) >= 11 is 1.50. The number of aromatic nitrogens is 1. The molecule has 0 spiro atoms. The van der Waals surface area contributed by atoms with Gasteiger partial charge in [-0.25, -0.2) is 17.8 Å². The molecule has 0 unspecified atom stereocenters. The van der Waals surface area contributed by atoms with E-state index in [2.05, 4.69) is 4.98 Å². The van der Waals surface area contributed by atoms with Gasteiger partial charge in [-0.15, -0.1) is 11.3 Å². The Morgan fingerprint density at radius 3 is 2.67 bits per heavy atom. The third kappa shape index (κ3) is 2.53. The predicted octanol–water partition coefficient (Wildman–Crippen LogP) is 3.96. The van der Waals surface area contributed by atoms with E-state index in [1.807, 2.05) is 24.3 Å². The highest BCUT2D eigenvalue weighted by Crippen LogP contribution is 2.39. The molecule has 0 radical (unpaired) electrons. The lowest BCUT2D eigenvalue weighted by atomic mass is 10.2. The van der Waals surface area contributed by atoms with E-state index in [4.69, 9.17) is 0 Å². The number of rotatable bonds is 3. The Hall–Kier alpha value is -1.83. The van der Waals surface area contributed by atoms with E-state index in [0.717, 1.165) is 21.6 Å². The van der Waals surface area contributed by atoms with Gasteiger partial charge >= 0.3 is 0 Å². The lowest BCUT2D eigenvalue weighted by molar-refractivity contribution is 0.393. The van der Waals surface area contributed by atoms with Crippen LogP contribution in [0.1, 0.15) is 23.9 Å². The van der Waals surface area contributed by atoms with Crippen molar-refractivity contribution in [2.45, 2.75) is 23.8 Å². The number of sulfonamides is 1. The molecule has 1 saturated heterocycles. The average molecular weight is 362 g/mol. The summed E-state index contributed by atoms with van der Waals surface area (Å²) in [6.45, 7) is 0.386. The first-order chi connectivity index (χ1) is 11.6. The van der Waals surface area contributed by atoms with Crippen LogP contribution in [0.15, 0.2) is 53.4 Å². The van der Waals surface area contributed by atoms with Crippen molar-refractivity contribution < 1.29 is 12.8 Å². The molecule has 24 heavy (non-hydrogen) atoms. The van der Waals surface area contributed by atoms with Gasteiger partial charge in [0, 0.05) is 6.54 Å². The molecule has 3 aromatic rings. The van der Waals surface area contributed by atoms with E-state index in [-0.39, 0.29) is 10.9 Å². The van der Waals surface area contributed by atoms with Gasteiger partial charge in [0.15, 0.2) is 0 Å². The van der Waals surface area contributed by atoms with E-state index in [1.54, 1.807) is 6.07 Å². The fraction of sp³-hybridized carbons (Fsp3) is 0.235. The third-order valence-corrected chi connectivity index (χ3v) is 7.30. The minimum absolute atomic E-state index is 0.266. The summed E-state index contributed by atoms with van der Waals surface area (Å²) in [5, 5.41) is 0.772. The van der Waals surface area contributed by atoms with E-state index in [1.165, 1.54) is 33.8 Å². The topological polar surface area (TPSA) is 50.3 Å². The molecule has 2 aromatic carbocycles. The molecule has 124 valence electrons. The zero-order chi connectivity index (χ0) is 16.7. The normalized spacial score (nSPS) is 19.1. The molecular weight excluding hydrogens is 347 g/mol. The lowest BCUT2D eigenvalue weighted by Crippen LogP contribution is -2.31. The number of halogens is 1.